The van der Waals surface area contributed by atoms with Crippen molar-refractivity contribution in [3.8, 4) is 5.75 Å². The van der Waals surface area contributed by atoms with Crippen LogP contribution in [0.2, 0.25) is 0 Å². The van der Waals surface area contributed by atoms with Crippen molar-refractivity contribution in [2.24, 2.45) is 0 Å². The molecule has 3 nitrogen and oxygen atoms in total. The molecule has 0 aliphatic carbocycles. The Bertz CT molecular complexity index is 499. The topological polar surface area (TPSA) is 42.4 Å². The van der Waals surface area contributed by atoms with E-state index >= 15 is 0 Å². The number of aliphatic hydroxyl groups excluding tert-OH is 1. The molecule has 1 aromatic heterocycles. The lowest BCUT2D eigenvalue weighted by atomic mass is 9.91. The fourth-order valence-corrected chi connectivity index (χ4v) is 1.94. The van der Waals surface area contributed by atoms with Crippen molar-refractivity contribution in [3.05, 3.63) is 59.9 Å². The number of hydrogen-bond donors (Lipinski definition) is 1. The molecule has 0 fully saturated rings. The van der Waals surface area contributed by atoms with Gasteiger partial charge in [-0.25, -0.2) is 0 Å². The van der Waals surface area contributed by atoms with Crippen molar-refractivity contribution in [2.75, 3.05) is 7.11 Å². The molecule has 0 saturated carbocycles. The van der Waals surface area contributed by atoms with Crippen LogP contribution in [-0.4, -0.2) is 17.2 Å². The van der Waals surface area contributed by atoms with Crippen LogP contribution in [0.1, 0.15) is 30.1 Å². The number of pyridine rings is 1. The summed E-state index contributed by atoms with van der Waals surface area (Å²) < 4.78 is 5.12. The lowest BCUT2D eigenvalue weighted by Crippen LogP contribution is -2.08. The highest BCUT2D eigenvalue weighted by molar-refractivity contribution is 5.29. The van der Waals surface area contributed by atoms with Crippen molar-refractivity contribution in [2.45, 2.75) is 18.9 Å². The van der Waals surface area contributed by atoms with Crippen molar-refractivity contribution >= 4 is 0 Å². The van der Waals surface area contributed by atoms with Gasteiger partial charge in [0.25, 0.3) is 0 Å². The third kappa shape index (κ3) is 2.68. The zero-order chi connectivity index (χ0) is 13.0. The van der Waals surface area contributed by atoms with Crippen LogP contribution in [0.25, 0.3) is 0 Å². The second kappa shape index (κ2) is 5.65. The molecule has 2 rings (SSSR count). The number of rotatable bonds is 4. The standard InChI is InChI=1S/C15H17NO2/c1-11(12-6-4-3-5-7-12)15(17)13-8-14(18-2)10-16-9-13/h3-11,15,17H,1-2H3. The fourth-order valence-electron chi connectivity index (χ4n) is 1.94. The van der Waals surface area contributed by atoms with Crippen LogP contribution in [0.5, 0.6) is 5.75 Å². The fraction of sp³-hybridized carbons (Fsp3) is 0.267. The number of aliphatic hydroxyl groups is 1. The molecule has 1 heterocycles. The summed E-state index contributed by atoms with van der Waals surface area (Å²) in [6.07, 6.45) is 2.71. The Balaban J connectivity index is 2.22. The number of hydrogen-bond acceptors (Lipinski definition) is 3. The van der Waals surface area contributed by atoms with Gasteiger partial charge in [-0.2, -0.15) is 0 Å². The third-order valence-electron chi connectivity index (χ3n) is 3.11. The molecule has 0 aliphatic rings. The predicted octanol–water partition coefficient (Wildman–Crippen LogP) is 2.93. The maximum Gasteiger partial charge on any atom is 0.137 e. The first kappa shape index (κ1) is 12.6. The number of methoxy groups -OCH3 is 1. The van der Waals surface area contributed by atoms with Gasteiger partial charge in [0.1, 0.15) is 5.75 Å². The molecule has 0 saturated heterocycles. The highest BCUT2D eigenvalue weighted by Crippen LogP contribution is 2.31. The van der Waals surface area contributed by atoms with Gasteiger partial charge in [-0.15, -0.1) is 0 Å². The molecule has 2 unspecified atom stereocenters. The Morgan fingerprint density at radius 1 is 1.11 bits per heavy atom. The Labute approximate surface area is 107 Å². The van der Waals surface area contributed by atoms with E-state index in [4.69, 9.17) is 4.74 Å². The van der Waals surface area contributed by atoms with Crippen LogP contribution in [-0.2, 0) is 0 Å². The summed E-state index contributed by atoms with van der Waals surface area (Å²) in [5.74, 6) is 0.673. The SMILES string of the molecule is COc1cncc(C(O)C(C)c2ccccc2)c1. The van der Waals surface area contributed by atoms with Crippen LogP contribution >= 0.6 is 0 Å². The first-order valence-electron chi connectivity index (χ1n) is 5.94. The first-order valence-corrected chi connectivity index (χ1v) is 5.94. The van der Waals surface area contributed by atoms with E-state index in [1.807, 2.05) is 43.3 Å². The van der Waals surface area contributed by atoms with Crippen LogP contribution in [0.4, 0.5) is 0 Å². The van der Waals surface area contributed by atoms with Gasteiger partial charge in [-0.3, -0.25) is 4.98 Å². The summed E-state index contributed by atoms with van der Waals surface area (Å²) >= 11 is 0. The van der Waals surface area contributed by atoms with Gasteiger partial charge < -0.3 is 9.84 Å². The summed E-state index contributed by atoms with van der Waals surface area (Å²) in [6, 6.07) is 11.8. The van der Waals surface area contributed by atoms with E-state index in [1.54, 1.807) is 19.5 Å². The largest absolute Gasteiger partial charge is 0.495 e. The molecule has 2 atom stereocenters. The second-order valence-corrected chi connectivity index (χ2v) is 4.30. The summed E-state index contributed by atoms with van der Waals surface area (Å²) in [5, 5.41) is 10.4. The van der Waals surface area contributed by atoms with Gasteiger partial charge in [0.05, 0.1) is 19.4 Å². The maximum atomic E-state index is 10.4. The second-order valence-electron chi connectivity index (χ2n) is 4.30. The van der Waals surface area contributed by atoms with Gasteiger partial charge in [0.2, 0.25) is 0 Å². The third-order valence-corrected chi connectivity index (χ3v) is 3.11. The van der Waals surface area contributed by atoms with Crippen LogP contribution in [0.3, 0.4) is 0 Å². The van der Waals surface area contributed by atoms with Crippen LogP contribution < -0.4 is 4.74 Å². The smallest absolute Gasteiger partial charge is 0.137 e. The van der Waals surface area contributed by atoms with Crippen molar-refractivity contribution in [1.29, 1.82) is 0 Å². The average molecular weight is 243 g/mol. The van der Waals surface area contributed by atoms with Gasteiger partial charge in [-0.05, 0) is 11.6 Å². The first-order chi connectivity index (χ1) is 8.72. The molecule has 0 amide bonds. The minimum absolute atomic E-state index is 0.0140. The number of benzene rings is 1. The number of ether oxygens (including phenoxy) is 1. The van der Waals surface area contributed by atoms with E-state index in [-0.39, 0.29) is 5.92 Å². The lowest BCUT2D eigenvalue weighted by Gasteiger charge is -2.19. The Morgan fingerprint density at radius 3 is 2.50 bits per heavy atom. The van der Waals surface area contributed by atoms with E-state index in [2.05, 4.69) is 4.98 Å². The molecule has 0 aliphatic heterocycles. The minimum Gasteiger partial charge on any atom is -0.495 e. The van der Waals surface area contributed by atoms with Crippen LogP contribution in [0.15, 0.2) is 48.8 Å². The maximum absolute atomic E-state index is 10.4. The van der Waals surface area contributed by atoms with Gasteiger partial charge >= 0.3 is 0 Å². The van der Waals surface area contributed by atoms with E-state index in [1.165, 1.54) is 0 Å². The number of nitrogens with zero attached hydrogens (tertiary/aromatic N) is 1. The van der Waals surface area contributed by atoms with Crippen LogP contribution in [0, 0.1) is 0 Å². The Morgan fingerprint density at radius 2 is 1.83 bits per heavy atom. The zero-order valence-electron chi connectivity index (χ0n) is 10.6. The summed E-state index contributed by atoms with van der Waals surface area (Å²) in [7, 11) is 1.59. The van der Waals surface area contributed by atoms with Crippen molar-refractivity contribution in [1.82, 2.24) is 4.98 Å². The molecule has 3 heteroatoms. The Kier molecular flexibility index (Phi) is 3.95. The average Bonchev–Trinajstić information content (AvgIpc) is 2.46. The summed E-state index contributed by atoms with van der Waals surface area (Å²) in [4.78, 5) is 4.07. The zero-order valence-corrected chi connectivity index (χ0v) is 10.6. The molecular formula is C15H17NO2. The van der Waals surface area contributed by atoms with Gasteiger partial charge in [0, 0.05) is 17.7 Å². The van der Waals surface area contributed by atoms with Gasteiger partial charge in [-0.1, -0.05) is 37.3 Å². The molecule has 1 aromatic carbocycles. The molecular weight excluding hydrogens is 226 g/mol. The van der Waals surface area contributed by atoms with E-state index < -0.39 is 6.10 Å². The number of aromatic nitrogens is 1. The normalized spacial score (nSPS) is 13.9. The molecule has 0 spiro atoms. The quantitative estimate of drug-likeness (QED) is 0.897. The molecule has 1 N–H and O–H groups in total. The highest BCUT2D eigenvalue weighted by Gasteiger charge is 2.18. The molecule has 18 heavy (non-hydrogen) atoms. The molecule has 0 radical (unpaired) electrons. The molecule has 0 bridgehead atoms. The van der Waals surface area contributed by atoms with Gasteiger partial charge in [0.15, 0.2) is 0 Å². The van der Waals surface area contributed by atoms with E-state index in [0.717, 1.165) is 11.1 Å². The van der Waals surface area contributed by atoms with Crippen molar-refractivity contribution < 1.29 is 9.84 Å². The van der Waals surface area contributed by atoms with E-state index in [0.29, 0.717) is 5.75 Å². The predicted molar refractivity (Wildman–Crippen MR) is 70.6 cm³/mol. The summed E-state index contributed by atoms with van der Waals surface area (Å²) in [5.41, 5.74) is 1.87. The summed E-state index contributed by atoms with van der Waals surface area (Å²) in [6.45, 7) is 2.00. The monoisotopic (exact) mass is 243 g/mol. The van der Waals surface area contributed by atoms with E-state index in [9.17, 15) is 5.11 Å². The van der Waals surface area contributed by atoms with Crippen molar-refractivity contribution in [3.63, 3.8) is 0 Å². The highest BCUT2D eigenvalue weighted by atomic mass is 16.5. The Hall–Kier alpha value is -1.87. The molecule has 2 aromatic rings. The minimum atomic E-state index is -0.588. The molecule has 94 valence electrons. The lowest BCUT2D eigenvalue weighted by molar-refractivity contribution is 0.151.